The molecule has 0 fully saturated rings. The van der Waals surface area contributed by atoms with Crippen LogP contribution in [-0.2, 0) is 32.6 Å². The third-order valence-electron chi connectivity index (χ3n) is 7.47. The summed E-state index contributed by atoms with van der Waals surface area (Å²) in [6.45, 7) is 3.73. The number of thioether (sulfide) groups is 1. The van der Waals surface area contributed by atoms with E-state index in [1.807, 2.05) is 55.6 Å². The molecule has 0 unspecified atom stereocenters. The SMILES string of the molecule is CCNC(=O)[C@H](Cc1ccccc1)N(Cc1cccc(OC)c1)C(=O)CN(c1ccccc1OCC)S(=O)(=O)c1ccc(SC)cc1. The van der Waals surface area contributed by atoms with Crippen LogP contribution in [0.25, 0.3) is 0 Å². The van der Waals surface area contributed by atoms with Gasteiger partial charge in [0.05, 0.1) is 24.3 Å². The zero-order valence-corrected chi connectivity index (χ0v) is 28.7. The second-order valence-corrected chi connectivity index (χ2v) is 13.3. The van der Waals surface area contributed by atoms with Crippen molar-refractivity contribution in [2.45, 2.75) is 42.6 Å². The van der Waals surface area contributed by atoms with Crippen molar-refractivity contribution in [1.29, 1.82) is 0 Å². The van der Waals surface area contributed by atoms with Crippen LogP contribution < -0.4 is 19.1 Å². The van der Waals surface area contributed by atoms with Crippen LogP contribution >= 0.6 is 11.8 Å². The molecule has 0 aliphatic rings. The lowest BCUT2D eigenvalue weighted by Crippen LogP contribution is -2.53. The molecule has 4 rings (SSSR count). The van der Waals surface area contributed by atoms with E-state index < -0.39 is 28.5 Å². The molecule has 0 spiro atoms. The number of carbonyl (C=O) groups is 2. The highest BCUT2D eigenvalue weighted by atomic mass is 32.2. The van der Waals surface area contributed by atoms with Crippen LogP contribution in [0, 0.1) is 0 Å². The van der Waals surface area contributed by atoms with Crippen molar-refractivity contribution in [2.24, 2.45) is 0 Å². The van der Waals surface area contributed by atoms with Crippen molar-refractivity contribution in [3.63, 3.8) is 0 Å². The molecule has 1 atom stereocenters. The number of amides is 2. The molecule has 0 radical (unpaired) electrons. The first-order valence-electron chi connectivity index (χ1n) is 15.3. The molecule has 0 saturated carbocycles. The summed E-state index contributed by atoms with van der Waals surface area (Å²) in [5, 5.41) is 2.88. The molecule has 4 aromatic carbocycles. The average molecular weight is 676 g/mol. The minimum Gasteiger partial charge on any atom is -0.497 e. The minimum absolute atomic E-state index is 0.0262. The van der Waals surface area contributed by atoms with Crippen molar-refractivity contribution in [3.8, 4) is 11.5 Å². The maximum absolute atomic E-state index is 14.6. The second-order valence-electron chi connectivity index (χ2n) is 10.6. The highest BCUT2D eigenvalue weighted by Crippen LogP contribution is 2.33. The Morgan fingerprint density at radius 1 is 0.872 bits per heavy atom. The highest BCUT2D eigenvalue weighted by Gasteiger charge is 2.35. The second kappa shape index (κ2) is 16.9. The lowest BCUT2D eigenvalue weighted by molar-refractivity contribution is -0.140. The smallest absolute Gasteiger partial charge is 0.264 e. The van der Waals surface area contributed by atoms with E-state index in [1.54, 1.807) is 62.6 Å². The quantitative estimate of drug-likeness (QED) is 0.150. The number of nitrogens with zero attached hydrogens (tertiary/aromatic N) is 2. The summed E-state index contributed by atoms with van der Waals surface area (Å²) in [5.41, 5.74) is 1.79. The van der Waals surface area contributed by atoms with E-state index in [2.05, 4.69) is 5.32 Å². The van der Waals surface area contributed by atoms with Crippen LogP contribution in [0.2, 0.25) is 0 Å². The number of carbonyl (C=O) groups excluding carboxylic acids is 2. The topological polar surface area (TPSA) is 105 Å². The van der Waals surface area contributed by atoms with Gasteiger partial charge in [-0.3, -0.25) is 13.9 Å². The maximum Gasteiger partial charge on any atom is 0.264 e. The van der Waals surface area contributed by atoms with Gasteiger partial charge >= 0.3 is 0 Å². The van der Waals surface area contributed by atoms with Gasteiger partial charge in [0, 0.05) is 24.4 Å². The number of hydrogen-bond acceptors (Lipinski definition) is 7. The van der Waals surface area contributed by atoms with E-state index in [1.165, 1.54) is 28.8 Å². The molecule has 0 aliphatic heterocycles. The van der Waals surface area contributed by atoms with E-state index in [9.17, 15) is 18.0 Å². The van der Waals surface area contributed by atoms with Gasteiger partial charge in [-0.05, 0) is 79.8 Å². The normalized spacial score (nSPS) is 11.7. The number of hydrogen-bond donors (Lipinski definition) is 1. The van der Waals surface area contributed by atoms with Crippen molar-refractivity contribution < 1.29 is 27.5 Å². The number of rotatable bonds is 16. The first-order chi connectivity index (χ1) is 22.7. The average Bonchev–Trinajstić information content (AvgIpc) is 3.09. The molecule has 0 aromatic heterocycles. The Morgan fingerprint density at radius 3 is 2.21 bits per heavy atom. The molecule has 9 nitrogen and oxygen atoms in total. The van der Waals surface area contributed by atoms with Crippen LogP contribution in [0.4, 0.5) is 5.69 Å². The third kappa shape index (κ3) is 9.08. The van der Waals surface area contributed by atoms with Crippen LogP contribution in [0.3, 0.4) is 0 Å². The highest BCUT2D eigenvalue weighted by molar-refractivity contribution is 7.98. The molecule has 47 heavy (non-hydrogen) atoms. The van der Waals surface area contributed by atoms with E-state index in [0.717, 1.165) is 20.3 Å². The van der Waals surface area contributed by atoms with Gasteiger partial charge in [0.15, 0.2) is 0 Å². The fraction of sp³-hybridized carbons (Fsp3) is 0.278. The number of anilines is 1. The zero-order valence-electron chi connectivity index (χ0n) is 27.1. The molecular weight excluding hydrogens is 635 g/mol. The summed E-state index contributed by atoms with van der Waals surface area (Å²) >= 11 is 1.49. The van der Waals surface area contributed by atoms with Gasteiger partial charge in [0.2, 0.25) is 11.8 Å². The first kappa shape index (κ1) is 35.4. The van der Waals surface area contributed by atoms with Crippen molar-refractivity contribution >= 4 is 39.3 Å². The molecule has 11 heteroatoms. The van der Waals surface area contributed by atoms with Crippen LogP contribution in [0.15, 0.2) is 113 Å². The molecule has 2 amide bonds. The number of benzene rings is 4. The summed E-state index contributed by atoms with van der Waals surface area (Å²) in [6, 6.07) is 29.0. The molecule has 0 bridgehead atoms. The predicted molar refractivity (Wildman–Crippen MR) is 187 cm³/mol. The zero-order chi connectivity index (χ0) is 33.8. The van der Waals surface area contributed by atoms with E-state index in [-0.39, 0.29) is 29.5 Å². The first-order valence-corrected chi connectivity index (χ1v) is 18.0. The largest absolute Gasteiger partial charge is 0.497 e. The van der Waals surface area contributed by atoms with Gasteiger partial charge in [-0.25, -0.2) is 8.42 Å². The van der Waals surface area contributed by atoms with Crippen molar-refractivity contribution in [1.82, 2.24) is 10.2 Å². The maximum atomic E-state index is 14.6. The summed E-state index contributed by atoms with van der Waals surface area (Å²) in [4.78, 5) is 30.7. The molecule has 0 aliphatic carbocycles. The Bertz CT molecular complexity index is 1730. The fourth-order valence-corrected chi connectivity index (χ4v) is 6.98. The summed E-state index contributed by atoms with van der Waals surface area (Å²) < 4.78 is 41.1. The van der Waals surface area contributed by atoms with Crippen molar-refractivity contribution in [2.75, 3.05) is 37.4 Å². The lowest BCUT2D eigenvalue weighted by atomic mass is 10.0. The predicted octanol–water partition coefficient (Wildman–Crippen LogP) is 5.79. The molecule has 4 aromatic rings. The van der Waals surface area contributed by atoms with Crippen LogP contribution in [0.5, 0.6) is 11.5 Å². The molecule has 1 N–H and O–H groups in total. The summed E-state index contributed by atoms with van der Waals surface area (Å²) in [7, 11) is -2.72. The number of methoxy groups -OCH3 is 1. The fourth-order valence-electron chi connectivity index (χ4n) is 5.14. The Balaban J connectivity index is 1.84. The molecule has 248 valence electrons. The Kier molecular flexibility index (Phi) is 12.7. The molecular formula is C36H41N3O6S2. The number of ether oxygens (including phenoxy) is 2. The minimum atomic E-state index is -4.27. The van der Waals surface area contributed by atoms with E-state index in [4.69, 9.17) is 9.47 Å². The number of sulfonamides is 1. The Hall–Kier alpha value is -4.48. The monoisotopic (exact) mass is 675 g/mol. The van der Waals surface area contributed by atoms with Crippen LogP contribution in [-0.4, -0.2) is 64.2 Å². The Labute approximate surface area is 281 Å². The number of para-hydroxylation sites is 2. The van der Waals surface area contributed by atoms with Crippen LogP contribution in [0.1, 0.15) is 25.0 Å². The number of likely N-dealkylation sites (N-methyl/N-ethyl adjacent to an activating group) is 1. The number of nitrogens with one attached hydrogen (secondary N) is 1. The van der Waals surface area contributed by atoms with Gasteiger partial charge in [0.1, 0.15) is 24.1 Å². The lowest BCUT2D eigenvalue weighted by Gasteiger charge is -2.34. The van der Waals surface area contributed by atoms with Gasteiger partial charge in [-0.15, -0.1) is 11.8 Å². The third-order valence-corrected chi connectivity index (χ3v) is 9.99. The van der Waals surface area contributed by atoms with E-state index >= 15 is 0 Å². The van der Waals surface area contributed by atoms with Gasteiger partial charge in [-0.1, -0.05) is 54.6 Å². The molecule has 0 heterocycles. The summed E-state index contributed by atoms with van der Waals surface area (Å²) in [5.74, 6) is 0.00654. The van der Waals surface area contributed by atoms with Gasteiger partial charge in [0.25, 0.3) is 10.0 Å². The Morgan fingerprint density at radius 2 is 1.55 bits per heavy atom. The van der Waals surface area contributed by atoms with Gasteiger partial charge < -0.3 is 19.7 Å². The van der Waals surface area contributed by atoms with Gasteiger partial charge in [-0.2, -0.15) is 0 Å². The van der Waals surface area contributed by atoms with E-state index in [0.29, 0.717) is 24.7 Å². The molecule has 0 saturated heterocycles. The standard InChI is InChI=1S/C36H41N3O6S2/c1-5-37-36(41)33(24-27-13-8-7-9-14-27)38(25-28-15-12-16-29(23-28)44-3)35(40)26-39(32-17-10-11-18-34(32)45-6-2)47(42,43)31-21-19-30(46-4)20-22-31/h7-23,33H,5-6,24-26H2,1-4H3,(H,37,41)/t33-/m0/s1. The van der Waals surface area contributed by atoms with Crippen molar-refractivity contribution in [3.05, 3.63) is 114 Å². The summed E-state index contributed by atoms with van der Waals surface area (Å²) in [6.07, 6.45) is 2.13.